The lowest BCUT2D eigenvalue weighted by molar-refractivity contribution is -0.167. The first-order valence-electron chi connectivity index (χ1n) is 31.9. The van der Waals surface area contributed by atoms with Gasteiger partial charge in [0.05, 0.1) is 0 Å². The number of allylic oxidation sites excluding steroid dienone is 18. The molecule has 0 aliphatic heterocycles. The van der Waals surface area contributed by atoms with Crippen molar-refractivity contribution >= 4 is 17.9 Å². The Morgan fingerprint density at radius 2 is 0.513 bits per heavy atom. The first-order chi connectivity index (χ1) is 37.5. The highest BCUT2D eigenvalue weighted by Crippen LogP contribution is 2.15. The van der Waals surface area contributed by atoms with E-state index in [9.17, 15) is 14.4 Å². The van der Waals surface area contributed by atoms with Gasteiger partial charge < -0.3 is 14.2 Å². The molecule has 0 aliphatic rings. The van der Waals surface area contributed by atoms with Crippen molar-refractivity contribution in [2.45, 2.75) is 303 Å². The van der Waals surface area contributed by atoms with E-state index in [1.54, 1.807) is 0 Å². The second-order valence-electron chi connectivity index (χ2n) is 20.9. The van der Waals surface area contributed by atoms with Gasteiger partial charge in [-0.2, -0.15) is 0 Å². The van der Waals surface area contributed by atoms with Crippen LogP contribution in [0.5, 0.6) is 0 Å². The summed E-state index contributed by atoms with van der Waals surface area (Å²) in [6.07, 6.45) is 86.6. The predicted molar refractivity (Wildman–Crippen MR) is 330 cm³/mol. The van der Waals surface area contributed by atoms with E-state index in [-0.39, 0.29) is 31.1 Å². The minimum absolute atomic E-state index is 0.0849. The number of ether oxygens (including phenoxy) is 3. The minimum Gasteiger partial charge on any atom is -0.462 e. The minimum atomic E-state index is -0.789. The molecule has 6 nitrogen and oxygen atoms in total. The summed E-state index contributed by atoms with van der Waals surface area (Å²) in [4.78, 5) is 38.2. The molecule has 0 heterocycles. The smallest absolute Gasteiger partial charge is 0.306 e. The van der Waals surface area contributed by atoms with Gasteiger partial charge in [0.15, 0.2) is 6.10 Å². The SMILES string of the molecule is CC/C=C\C/C=C\C/C=C\C/C=C\C/C=C\C/C=C\CCCCCCCCCCC(=O)OCC(COC(=O)CCCCCCCCCCCC)OC(=O)CCCCCCCC/C=C\C/C=C\C/C=C\CCCCCCC. The third-order valence-electron chi connectivity index (χ3n) is 13.5. The van der Waals surface area contributed by atoms with Gasteiger partial charge in [-0.05, 0) is 109 Å². The summed E-state index contributed by atoms with van der Waals surface area (Å²) in [5.74, 6) is -0.902. The van der Waals surface area contributed by atoms with E-state index in [0.717, 1.165) is 128 Å². The number of esters is 3. The lowest BCUT2D eigenvalue weighted by atomic mass is 10.1. The van der Waals surface area contributed by atoms with Gasteiger partial charge in [-0.3, -0.25) is 14.4 Å². The van der Waals surface area contributed by atoms with Gasteiger partial charge in [-0.25, -0.2) is 0 Å². The van der Waals surface area contributed by atoms with E-state index in [0.29, 0.717) is 19.3 Å². The summed E-state index contributed by atoms with van der Waals surface area (Å²) in [5.41, 5.74) is 0. The number of carbonyl (C=O) groups excluding carboxylic acids is 3. The Hall–Kier alpha value is -3.93. The number of rotatable bonds is 57. The number of carbonyl (C=O) groups is 3. The van der Waals surface area contributed by atoms with Crippen LogP contribution in [0.1, 0.15) is 297 Å². The van der Waals surface area contributed by atoms with Crippen molar-refractivity contribution in [1.82, 2.24) is 0 Å². The van der Waals surface area contributed by atoms with Crippen LogP contribution >= 0.6 is 0 Å². The van der Waals surface area contributed by atoms with Crippen molar-refractivity contribution in [3.05, 3.63) is 109 Å². The first-order valence-corrected chi connectivity index (χ1v) is 31.9. The second kappa shape index (κ2) is 63.6. The number of hydrogen-bond donors (Lipinski definition) is 0. The molecule has 0 saturated carbocycles. The fourth-order valence-corrected chi connectivity index (χ4v) is 8.75. The van der Waals surface area contributed by atoms with E-state index in [1.807, 2.05) is 0 Å². The maximum absolute atomic E-state index is 12.9. The van der Waals surface area contributed by atoms with Crippen LogP contribution in [0.15, 0.2) is 109 Å². The fraction of sp³-hybridized carbons (Fsp3) is 0.700. The van der Waals surface area contributed by atoms with Crippen molar-refractivity contribution in [1.29, 1.82) is 0 Å². The molecule has 0 N–H and O–H groups in total. The predicted octanol–water partition coefficient (Wildman–Crippen LogP) is 21.8. The highest BCUT2D eigenvalue weighted by Gasteiger charge is 2.19. The molecule has 0 bridgehead atoms. The van der Waals surface area contributed by atoms with E-state index in [1.165, 1.54) is 128 Å². The molecular formula is C70H118O6. The molecule has 0 spiro atoms. The molecule has 1 atom stereocenters. The van der Waals surface area contributed by atoms with Gasteiger partial charge in [-0.15, -0.1) is 0 Å². The Bertz CT molecular complexity index is 1540. The quantitative estimate of drug-likeness (QED) is 0.0261. The van der Waals surface area contributed by atoms with Gasteiger partial charge in [-0.1, -0.05) is 278 Å². The monoisotopic (exact) mass is 1050 g/mol. The van der Waals surface area contributed by atoms with Crippen LogP contribution in [0, 0.1) is 0 Å². The summed E-state index contributed by atoms with van der Waals surface area (Å²) in [5, 5.41) is 0. The normalized spacial score (nSPS) is 12.8. The van der Waals surface area contributed by atoms with Gasteiger partial charge in [0.2, 0.25) is 0 Å². The lowest BCUT2D eigenvalue weighted by Gasteiger charge is -2.18. The van der Waals surface area contributed by atoms with Gasteiger partial charge in [0.25, 0.3) is 0 Å². The molecule has 0 aromatic rings. The zero-order valence-electron chi connectivity index (χ0n) is 49.7. The van der Waals surface area contributed by atoms with Crippen LogP contribution < -0.4 is 0 Å². The van der Waals surface area contributed by atoms with E-state index < -0.39 is 6.10 Å². The zero-order chi connectivity index (χ0) is 55.0. The molecule has 76 heavy (non-hydrogen) atoms. The molecule has 0 radical (unpaired) electrons. The van der Waals surface area contributed by atoms with Gasteiger partial charge >= 0.3 is 17.9 Å². The van der Waals surface area contributed by atoms with Crippen molar-refractivity contribution in [2.75, 3.05) is 13.2 Å². The van der Waals surface area contributed by atoms with Gasteiger partial charge in [0, 0.05) is 19.3 Å². The molecule has 434 valence electrons. The molecule has 0 aromatic heterocycles. The van der Waals surface area contributed by atoms with Crippen LogP contribution in [0.25, 0.3) is 0 Å². The zero-order valence-corrected chi connectivity index (χ0v) is 49.7. The van der Waals surface area contributed by atoms with Gasteiger partial charge in [0.1, 0.15) is 13.2 Å². The molecule has 6 heteroatoms. The molecular weight excluding hydrogens is 937 g/mol. The Balaban J connectivity index is 4.31. The van der Waals surface area contributed by atoms with E-state index in [2.05, 4.69) is 130 Å². The van der Waals surface area contributed by atoms with Crippen molar-refractivity contribution in [2.24, 2.45) is 0 Å². The third-order valence-corrected chi connectivity index (χ3v) is 13.5. The third kappa shape index (κ3) is 60.9. The Morgan fingerprint density at radius 1 is 0.276 bits per heavy atom. The summed E-state index contributed by atoms with van der Waals surface area (Å²) in [6, 6.07) is 0. The topological polar surface area (TPSA) is 78.9 Å². The first kappa shape index (κ1) is 72.1. The molecule has 0 aliphatic carbocycles. The molecule has 0 fully saturated rings. The van der Waals surface area contributed by atoms with E-state index >= 15 is 0 Å². The lowest BCUT2D eigenvalue weighted by Crippen LogP contribution is -2.30. The standard InChI is InChI=1S/C70H118O6/c1-4-7-10-13-16-19-22-24-26-28-30-32-33-34-35-36-37-39-40-42-44-46-48-51-54-57-60-63-69(72)75-66-67(65-74-68(71)62-59-56-53-50-21-18-15-12-9-6-3)76-70(73)64-61-58-55-52-49-47-45-43-41-38-31-29-27-25-23-20-17-14-11-8-5-2/h7,10,16,19,23-26,29-32,34-35,37,39,41,43,67H,4-6,8-9,11-15,17-18,20-22,27-28,33,36,38,40,42,44-66H2,1-3H3/b10-7-,19-16-,25-23-,26-24-,31-29-,32-30-,35-34-,39-37-,43-41-. The number of hydrogen-bond acceptors (Lipinski definition) is 6. The van der Waals surface area contributed by atoms with Crippen molar-refractivity contribution in [3.8, 4) is 0 Å². The highest BCUT2D eigenvalue weighted by atomic mass is 16.6. The van der Waals surface area contributed by atoms with E-state index in [4.69, 9.17) is 14.2 Å². The summed E-state index contributed by atoms with van der Waals surface area (Å²) in [6.45, 7) is 6.50. The van der Waals surface area contributed by atoms with Crippen LogP contribution in [-0.2, 0) is 28.6 Å². The van der Waals surface area contributed by atoms with Crippen molar-refractivity contribution < 1.29 is 28.6 Å². The van der Waals surface area contributed by atoms with Crippen molar-refractivity contribution in [3.63, 3.8) is 0 Å². The Kier molecular flexibility index (Phi) is 60.3. The molecule has 1 unspecified atom stereocenters. The average molecular weight is 1060 g/mol. The number of unbranched alkanes of at least 4 members (excludes halogenated alkanes) is 28. The van der Waals surface area contributed by atoms with Crippen LogP contribution in [-0.4, -0.2) is 37.2 Å². The maximum Gasteiger partial charge on any atom is 0.306 e. The summed E-state index contributed by atoms with van der Waals surface area (Å²) in [7, 11) is 0. The fourth-order valence-electron chi connectivity index (χ4n) is 8.75. The summed E-state index contributed by atoms with van der Waals surface area (Å²) < 4.78 is 16.9. The Labute approximate surface area is 470 Å². The highest BCUT2D eigenvalue weighted by molar-refractivity contribution is 5.71. The molecule has 0 saturated heterocycles. The average Bonchev–Trinajstić information content (AvgIpc) is 3.42. The largest absolute Gasteiger partial charge is 0.462 e. The summed E-state index contributed by atoms with van der Waals surface area (Å²) >= 11 is 0. The molecule has 0 rings (SSSR count). The van der Waals surface area contributed by atoms with Crippen LogP contribution in [0.2, 0.25) is 0 Å². The van der Waals surface area contributed by atoms with Crippen LogP contribution in [0.4, 0.5) is 0 Å². The molecule has 0 aromatic carbocycles. The molecule has 0 amide bonds. The second-order valence-corrected chi connectivity index (χ2v) is 20.9. The maximum atomic E-state index is 12.9. The van der Waals surface area contributed by atoms with Crippen LogP contribution in [0.3, 0.4) is 0 Å². The Morgan fingerprint density at radius 3 is 0.803 bits per heavy atom.